The van der Waals surface area contributed by atoms with Gasteiger partial charge >= 0.3 is 5.97 Å². The number of carbonyl (C=O) groups excluding carboxylic acids is 1. The van der Waals surface area contributed by atoms with Gasteiger partial charge in [-0.05, 0) is 6.42 Å². The van der Waals surface area contributed by atoms with Crippen molar-refractivity contribution in [2.24, 2.45) is 0 Å². The molecule has 0 spiro atoms. The van der Waals surface area contributed by atoms with E-state index in [1.807, 2.05) is 0 Å². The summed E-state index contributed by atoms with van der Waals surface area (Å²) in [5, 5.41) is 0. The molecule has 0 saturated carbocycles. The summed E-state index contributed by atoms with van der Waals surface area (Å²) in [6.07, 6.45) is 7.24. The Kier molecular flexibility index (Phi) is 10.1. The van der Waals surface area contributed by atoms with E-state index in [1.165, 1.54) is 32.8 Å². The van der Waals surface area contributed by atoms with Gasteiger partial charge in [0.05, 0.1) is 6.61 Å². The van der Waals surface area contributed by atoms with E-state index in [1.54, 1.807) is 0 Å². The highest BCUT2D eigenvalue weighted by Crippen LogP contribution is 2.04. The van der Waals surface area contributed by atoms with Crippen molar-refractivity contribution >= 4 is 5.97 Å². The van der Waals surface area contributed by atoms with Crippen LogP contribution in [0.2, 0.25) is 0 Å². The summed E-state index contributed by atoms with van der Waals surface area (Å²) < 4.78 is 9.56. The van der Waals surface area contributed by atoms with Gasteiger partial charge in [0.15, 0.2) is 0 Å². The first-order chi connectivity index (χ1) is 6.81. The van der Waals surface area contributed by atoms with Crippen molar-refractivity contribution in [2.75, 3.05) is 20.3 Å². The average molecular weight is 202 g/mol. The smallest absolute Gasteiger partial charge is 0.332 e. The summed E-state index contributed by atoms with van der Waals surface area (Å²) in [5.41, 5.74) is 0. The topological polar surface area (TPSA) is 35.5 Å². The highest BCUT2D eigenvalue weighted by Gasteiger charge is 1.99. The number of carbonyl (C=O) groups is 1. The molecule has 0 aromatic rings. The highest BCUT2D eigenvalue weighted by atomic mass is 16.6. The van der Waals surface area contributed by atoms with Gasteiger partial charge in [-0.25, -0.2) is 4.79 Å². The first kappa shape index (κ1) is 13.4. The lowest BCUT2D eigenvalue weighted by atomic mass is 10.1. The van der Waals surface area contributed by atoms with Crippen LogP contribution in [0.25, 0.3) is 0 Å². The van der Waals surface area contributed by atoms with E-state index in [0.717, 1.165) is 12.8 Å². The minimum absolute atomic E-state index is 0.0653. The van der Waals surface area contributed by atoms with Gasteiger partial charge in [0.25, 0.3) is 0 Å². The molecule has 0 N–H and O–H groups in total. The minimum atomic E-state index is -0.263. The van der Waals surface area contributed by atoms with Crippen molar-refractivity contribution in [3.63, 3.8) is 0 Å². The maximum atomic E-state index is 10.8. The van der Waals surface area contributed by atoms with Crippen LogP contribution in [0.15, 0.2) is 0 Å². The quantitative estimate of drug-likeness (QED) is 0.426. The summed E-state index contributed by atoms with van der Waals surface area (Å²) in [6.45, 7) is 2.80. The van der Waals surface area contributed by atoms with Crippen LogP contribution in [0, 0.1) is 0 Å². The molecule has 0 saturated heterocycles. The summed E-state index contributed by atoms with van der Waals surface area (Å²) in [7, 11) is 1.49. The van der Waals surface area contributed by atoms with E-state index in [2.05, 4.69) is 11.7 Å². The van der Waals surface area contributed by atoms with Gasteiger partial charge in [0, 0.05) is 7.11 Å². The number of unbranched alkanes of at least 4 members (excludes halogenated alkanes) is 5. The maximum absolute atomic E-state index is 10.8. The van der Waals surface area contributed by atoms with Crippen molar-refractivity contribution in [1.29, 1.82) is 0 Å². The van der Waals surface area contributed by atoms with Crippen molar-refractivity contribution in [3.8, 4) is 0 Å². The molecule has 0 radical (unpaired) electrons. The molecule has 3 nitrogen and oxygen atoms in total. The summed E-state index contributed by atoms with van der Waals surface area (Å²) in [5.74, 6) is -0.263. The molecule has 0 bridgehead atoms. The second-order valence-corrected chi connectivity index (χ2v) is 3.42. The van der Waals surface area contributed by atoms with Crippen LogP contribution in [-0.2, 0) is 14.3 Å². The Hall–Kier alpha value is -0.570. The molecule has 3 heteroatoms. The lowest BCUT2D eigenvalue weighted by Crippen LogP contribution is -2.11. The van der Waals surface area contributed by atoms with Gasteiger partial charge in [0.2, 0.25) is 0 Å². The van der Waals surface area contributed by atoms with Crippen molar-refractivity contribution in [1.82, 2.24) is 0 Å². The van der Waals surface area contributed by atoms with Gasteiger partial charge in [0.1, 0.15) is 6.61 Å². The van der Waals surface area contributed by atoms with E-state index in [-0.39, 0.29) is 12.6 Å². The average Bonchev–Trinajstić information content (AvgIpc) is 2.17. The Morgan fingerprint density at radius 1 is 1.07 bits per heavy atom. The third-order valence-electron chi connectivity index (χ3n) is 2.02. The molecular weight excluding hydrogens is 180 g/mol. The van der Waals surface area contributed by atoms with Crippen LogP contribution in [-0.4, -0.2) is 26.3 Å². The van der Waals surface area contributed by atoms with Crippen molar-refractivity contribution in [2.45, 2.75) is 45.4 Å². The van der Waals surface area contributed by atoms with E-state index in [4.69, 9.17) is 4.74 Å². The fourth-order valence-corrected chi connectivity index (χ4v) is 1.23. The molecule has 0 aromatic heterocycles. The van der Waals surface area contributed by atoms with Gasteiger partial charge in [-0.2, -0.15) is 0 Å². The number of methoxy groups -OCH3 is 1. The van der Waals surface area contributed by atoms with Crippen LogP contribution in [0.5, 0.6) is 0 Å². The number of rotatable bonds is 9. The maximum Gasteiger partial charge on any atom is 0.332 e. The lowest BCUT2D eigenvalue weighted by Gasteiger charge is -2.03. The van der Waals surface area contributed by atoms with Crippen LogP contribution in [0.4, 0.5) is 0 Å². The van der Waals surface area contributed by atoms with Gasteiger partial charge < -0.3 is 9.47 Å². The molecule has 14 heavy (non-hydrogen) atoms. The predicted molar refractivity (Wildman–Crippen MR) is 56.2 cm³/mol. The summed E-state index contributed by atoms with van der Waals surface area (Å²) in [6, 6.07) is 0. The summed E-state index contributed by atoms with van der Waals surface area (Å²) in [4.78, 5) is 10.8. The molecule has 0 rings (SSSR count). The Morgan fingerprint density at radius 3 is 2.36 bits per heavy atom. The van der Waals surface area contributed by atoms with Crippen LogP contribution in [0.1, 0.15) is 45.4 Å². The molecule has 0 amide bonds. The standard InChI is InChI=1S/C11H22O3/c1-3-4-5-6-7-8-9-14-11(12)10-13-2/h3-10H2,1-2H3. The van der Waals surface area contributed by atoms with Crippen LogP contribution >= 0.6 is 0 Å². The zero-order valence-corrected chi connectivity index (χ0v) is 9.38. The number of ether oxygens (including phenoxy) is 2. The van der Waals surface area contributed by atoms with Crippen LogP contribution < -0.4 is 0 Å². The number of esters is 1. The zero-order chi connectivity index (χ0) is 10.6. The Balaban J connectivity index is 3.01. The van der Waals surface area contributed by atoms with Gasteiger partial charge in [-0.3, -0.25) is 0 Å². The first-order valence-electron chi connectivity index (χ1n) is 5.45. The zero-order valence-electron chi connectivity index (χ0n) is 9.38. The summed E-state index contributed by atoms with van der Waals surface area (Å²) >= 11 is 0. The molecule has 0 fully saturated rings. The highest BCUT2D eigenvalue weighted by molar-refractivity contribution is 5.70. The largest absolute Gasteiger partial charge is 0.464 e. The van der Waals surface area contributed by atoms with Crippen molar-refractivity contribution in [3.05, 3.63) is 0 Å². The molecular formula is C11H22O3. The molecule has 0 aliphatic carbocycles. The van der Waals surface area contributed by atoms with E-state index >= 15 is 0 Å². The Labute approximate surface area is 86.8 Å². The normalized spacial score (nSPS) is 10.1. The molecule has 84 valence electrons. The Bertz CT molecular complexity index is 134. The van der Waals surface area contributed by atoms with E-state index < -0.39 is 0 Å². The van der Waals surface area contributed by atoms with Gasteiger partial charge in [-0.1, -0.05) is 39.0 Å². The Morgan fingerprint density at radius 2 is 1.71 bits per heavy atom. The van der Waals surface area contributed by atoms with Crippen LogP contribution in [0.3, 0.4) is 0 Å². The third kappa shape index (κ3) is 9.52. The van der Waals surface area contributed by atoms with E-state index in [9.17, 15) is 4.79 Å². The third-order valence-corrected chi connectivity index (χ3v) is 2.02. The van der Waals surface area contributed by atoms with Gasteiger partial charge in [-0.15, -0.1) is 0 Å². The second-order valence-electron chi connectivity index (χ2n) is 3.42. The molecule has 0 aliphatic rings. The number of hydrogen-bond donors (Lipinski definition) is 0. The minimum Gasteiger partial charge on any atom is -0.464 e. The molecule has 0 heterocycles. The molecule has 0 unspecified atom stereocenters. The number of hydrogen-bond acceptors (Lipinski definition) is 3. The lowest BCUT2D eigenvalue weighted by molar-refractivity contribution is -0.148. The fourth-order valence-electron chi connectivity index (χ4n) is 1.23. The van der Waals surface area contributed by atoms with Crippen molar-refractivity contribution < 1.29 is 14.3 Å². The molecule has 0 aromatic carbocycles. The second kappa shape index (κ2) is 10.5. The van der Waals surface area contributed by atoms with E-state index in [0.29, 0.717) is 6.61 Å². The molecule has 0 aliphatic heterocycles. The SMILES string of the molecule is CCCCCCCCOC(=O)COC. The fraction of sp³-hybridized carbons (Fsp3) is 0.909. The first-order valence-corrected chi connectivity index (χ1v) is 5.45. The molecule has 0 atom stereocenters. The monoisotopic (exact) mass is 202 g/mol. The predicted octanol–water partition coefficient (Wildman–Crippen LogP) is 2.54.